The van der Waals surface area contributed by atoms with Crippen LogP contribution >= 0.6 is 0 Å². The smallest absolute Gasteiger partial charge is 0.311 e. The van der Waals surface area contributed by atoms with Crippen molar-refractivity contribution in [2.45, 2.75) is 104 Å². The van der Waals surface area contributed by atoms with E-state index in [4.69, 9.17) is 9.47 Å². The van der Waals surface area contributed by atoms with Crippen molar-refractivity contribution in [2.24, 2.45) is 189 Å². The molecule has 330 valence electrons. The van der Waals surface area contributed by atoms with Gasteiger partial charge in [0.2, 0.25) is 0 Å². The summed E-state index contributed by atoms with van der Waals surface area (Å²) in [6, 6.07) is 11.9. The molecule has 0 saturated heterocycles. The number of carbonyl (C=O) groups is 2. The van der Waals surface area contributed by atoms with Gasteiger partial charge in [-0.05, 0) is 279 Å². The van der Waals surface area contributed by atoms with Crippen molar-refractivity contribution >= 4 is 11.9 Å². The first-order chi connectivity index (χ1) is 30.3. The summed E-state index contributed by atoms with van der Waals surface area (Å²) in [5.74, 6) is 34.1. The van der Waals surface area contributed by atoms with Crippen LogP contribution in [0.25, 0.3) is 0 Å². The quantitative estimate of drug-likeness (QED) is 0.165. The molecule has 62 heavy (non-hydrogen) atoms. The Balaban J connectivity index is 0.766. The number of rotatable bonds is 11. The molecule has 0 heterocycles. The Kier molecular flexibility index (Phi) is 6.92. The fourth-order valence-electron chi connectivity index (χ4n) is 27.5. The van der Waals surface area contributed by atoms with E-state index in [9.17, 15) is 9.59 Å². The summed E-state index contributed by atoms with van der Waals surface area (Å²) in [6.45, 7) is 6.19. The van der Waals surface area contributed by atoms with Gasteiger partial charge in [-0.1, -0.05) is 37.3 Å². The second kappa shape index (κ2) is 11.8. The SMILES string of the molecule is CCC(C)(C)C(=O)OCCOC(=O)CCCC(c1ccccc1)C1C2CC3CC4CC5CC6CC7CC8CC9CC1C1C2C2C3C3C4C5C4C6C5C7C8C6C9C1C1C6C5C4C3C21. The number of carbonyl (C=O) groups excluding carboxylic acids is 2. The van der Waals surface area contributed by atoms with E-state index >= 15 is 0 Å². The lowest BCUT2D eigenvalue weighted by Gasteiger charge is -2.62. The number of benzene rings is 1. The molecule has 0 bridgehead atoms. The highest BCUT2D eigenvalue weighted by Crippen LogP contribution is 2.92. The Morgan fingerprint density at radius 2 is 0.887 bits per heavy atom. The highest BCUT2D eigenvalue weighted by molar-refractivity contribution is 5.75. The normalized spacial score (nSPS) is 61.9. The molecule has 0 amide bonds. The predicted molar refractivity (Wildman–Crippen MR) is 234 cm³/mol. The molecular weight excluding hydrogens is 761 g/mol. The van der Waals surface area contributed by atoms with Crippen LogP contribution < -0.4 is 0 Å². The predicted octanol–water partition coefficient (Wildman–Crippen LogP) is 10.9. The first-order valence-electron chi connectivity index (χ1n) is 27.7. The van der Waals surface area contributed by atoms with Crippen LogP contribution in [0.4, 0.5) is 0 Å². The summed E-state index contributed by atoms with van der Waals surface area (Å²) in [5, 5.41) is 0. The molecule has 4 heteroatoms. The van der Waals surface area contributed by atoms with Crippen LogP contribution in [0.5, 0.6) is 0 Å². The van der Waals surface area contributed by atoms with Gasteiger partial charge in [0, 0.05) is 6.42 Å². The second-order valence-electron chi connectivity index (χ2n) is 27.7. The Morgan fingerprint density at radius 3 is 1.32 bits per heavy atom. The van der Waals surface area contributed by atoms with Crippen LogP contribution in [0.3, 0.4) is 0 Å². The fraction of sp³-hybridized carbons (Fsp3) is 0.862. The summed E-state index contributed by atoms with van der Waals surface area (Å²) >= 11 is 0. The van der Waals surface area contributed by atoms with Gasteiger partial charge < -0.3 is 9.47 Å². The van der Waals surface area contributed by atoms with E-state index in [0.29, 0.717) is 12.3 Å². The minimum Gasteiger partial charge on any atom is -0.462 e. The van der Waals surface area contributed by atoms with Gasteiger partial charge in [-0.25, -0.2) is 0 Å². The molecule has 17 rings (SSSR count). The first-order valence-corrected chi connectivity index (χ1v) is 27.7. The van der Waals surface area contributed by atoms with E-state index in [1.165, 1.54) is 29.6 Å². The lowest BCUT2D eigenvalue weighted by Crippen LogP contribution is -2.58. The first kappa shape index (κ1) is 36.3. The lowest BCUT2D eigenvalue weighted by molar-refractivity contribution is -0.159. The average Bonchev–Trinajstić information content (AvgIpc) is 4.12. The van der Waals surface area contributed by atoms with Crippen molar-refractivity contribution in [3.63, 3.8) is 0 Å². The third-order valence-electron chi connectivity index (χ3n) is 27.2. The Morgan fingerprint density at radius 1 is 0.516 bits per heavy atom. The van der Waals surface area contributed by atoms with Crippen LogP contribution in [-0.2, 0) is 19.1 Å². The molecule has 0 aliphatic heterocycles. The largest absolute Gasteiger partial charge is 0.462 e. The van der Waals surface area contributed by atoms with Crippen LogP contribution in [0.1, 0.15) is 109 Å². The molecule has 0 spiro atoms. The minimum atomic E-state index is -0.500. The van der Waals surface area contributed by atoms with Crippen molar-refractivity contribution in [1.82, 2.24) is 0 Å². The van der Waals surface area contributed by atoms with Gasteiger partial charge in [0.1, 0.15) is 13.2 Å². The Hall–Kier alpha value is -1.84. The van der Waals surface area contributed by atoms with E-state index in [1.807, 2.05) is 20.8 Å². The summed E-state index contributed by atoms with van der Waals surface area (Å²) in [5.41, 5.74) is 1.09. The number of hydrogen-bond acceptors (Lipinski definition) is 4. The molecule has 16 fully saturated rings. The molecule has 16 saturated carbocycles. The average molecular weight is 835 g/mol. The molecule has 16 aliphatic rings. The fourth-order valence-corrected chi connectivity index (χ4v) is 27.5. The summed E-state index contributed by atoms with van der Waals surface area (Å²) < 4.78 is 11.3. The molecule has 1 aromatic carbocycles. The van der Waals surface area contributed by atoms with Crippen LogP contribution in [0.15, 0.2) is 30.3 Å². The second-order valence-corrected chi connectivity index (χ2v) is 27.7. The maximum Gasteiger partial charge on any atom is 0.311 e. The van der Waals surface area contributed by atoms with Gasteiger partial charge in [0.15, 0.2) is 0 Å². The van der Waals surface area contributed by atoms with Gasteiger partial charge >= 0.3 is 11.9 Å². The van der Waals surface area contributed by atoms with E-state index in [0.717, 1.165) is 173 Å². The molecule has 4 nitrogen and oxygen atoms in total. The van der Waals surface area contributed by atoms with Gasteiger partial charge in [-0.2, -0.15) is 0 Å². The number of ether oxygens (including phenoxy) is 2. The van der Waals surface area contributed by atoms with Crippen LogP contribution in [0, 0.1) is 189 Å². The van der Waals surface area contributed by atoms with E-state index in [2.05, 4.69) is 30.3 Å². The molecule has 1 aromatic rings. The molecule has 29 atom stereocenters. The summed E-state index contributed by atoms with van der Waals surface area (Å²) in [7, 11) is 0. The van der Waals surface area contributed by atoms with Crippen molar-refractivity contribution in [3.8, 4) is 0 Å². The topological polar surface area (TPSA) is 52.6 Å². The molecule has 29 unspecified atom stereocenters. The zero-order valence-electron chi connectivity index (χ0n) is 37.9. The Labute approximate surface area is 371 Å². The van der Waals surface area contributed by atoms with E-state index < -0.39 is 5.41 Å². The maximum atomic E-state index is 13.4. The zero-order chi connectivity index (χ0) is 40.6. The van der Waals surface area contributed by atoms with Crippen LogP contribution in [-0.4, -0.2) is 25.2 Å². The highest BCUT2D eigenvalue weighted by Gasteiger charge is 2.88. The number of esters is 2. The lowest BCUT2D eigenvalue weighted by atomic mass is 9.43. The Bertz CT molecular complexity index is 2030. The zero-order valence-corrected chi connectivity index (χ0v) is 37.9. The molecule has 0 N–H and O–H groups in total. The molecule has 16 aliphatic carbocycles. The standard InChI is InChI=1S/C58H74O4/c1-4-58(2,3)57(60)62-14-13-61-34(59)12-8-11-31(23-9-6-5-7-10-23)42-32-21-29-19-26-15-24-17-28-18-25-16-27-20-30-22-33(42)44-43(32)49-40(29)47-37(26)35(24)45-39(28)46-36(25)38(27)48-41(30)50(44)56-54(48)52(46)51(45)53(47)55(49)56/h5-7,9-10,24-33,35-56H,4,8,11-22H2,1-3H3. The third-order valence-corrected chi connectivity index (χ3v) is 27.2. The van der Waals surface area contributed by atoms with Crippen molar-refractivity contribution < 1.29 is 19.1 Å². The third kappa shape index (κ3) is 3.92. The monoisotopic (exact) mass is 835 g/mol. The molecule has 0 radical (unpaired) electrons. The van der Waals surface area contributed by atoms with Gasteiger partial charge in [-0.15, -0.1) is 0 Å². The van der Waals surface area contributed by atoms with Gasteiger partial charge in [-0.3, -0.25) is 9.59 Å². The molecule has 0 aromatic heterocycles. The van der Waals surface area contributed by atoms with Crippen LogP contribution in [0.2, 0.25) is 0 Å². The van der Waals surface area contributed by atoms with Crippen molar-refractivity contribution in [1.29, 1.82) is 0 Å². The summed E-state index contributed by atoms with van der Waals surface area (Å²) in [4.78, 5) is 25.9. The molecular formula is C58H74O4. The van der Waals surface area contributed by atoms with E-state index in [1.54, 1.807) is 56.9 Å². The summed E-state index contributed by atoms with van der Waals surface area (Å²) in [6.07, 6.45) is 16.4. The van der Waals surface area contributed by atoms with Crippen molar-refractivity contribution in [2.75, 3.05) is 13.2 Å². The highest BCUT2D eigenvalue weighted by atomic mass is 16.6. The number of hydrogen-bond donors (Lipinski definition) is 0. The van der Waals surface area contributed by atoms with E-state index in [-0.39, 0.29) is 25.2 Å². The minimum absolute atomic E-state index is 0.109. The van der Waals surface area contributed by atoms with Gasteiger partial charge in [0.05, 0.1) is 5.41 Å². The van der Waals surface area contributed by atoms with Crippen molar-refractivity contribution in [3.05, 3.63) is 35.9 Å². The van der Waals surface area contributed by atoms with Gasteiger partial charge in [0.25, 0.3) is 0 Å². The maximum absolute atomic E-state index is 13.4.